The fraction of sp³-hybridized carbons (Fsp3) is 0.529. The maximum absolute atomic E-state index is 10.8. The SMILES string of the molecule is OC1(c2cn[nH]n2)CCCN(CCc2ccc3c(c2)CCO3)C1. The predicted octanol–water partition coefficient (Wildman–Crippen LogP) is 1.27. The molecule has 1 atom stereocenters. The molecule has 2 aromatic rings. The molecule has 0 bridgehead atoms. The lowest BCUT2D eigenvalue weighted by atomic mass is 9.90. The van der Waals surface area contributed by atoms with Gasteiger partial charge in [-0.25, -0.2) is 0 Å². The van der Waals surface area contributed by atoms with Crippen LogP contribution in [0.1, 0.15) is 29.7 Å². The first-order valence-corrected chi connectivity index (χ1v) is 8.29. The normalized spacial score (nSPS) is 24.4. The van der Waals surface area contributed by atoms with E-state index in [1.165, 1.54) is 11.1 Å². The van der Waals surface area contributed by atoms with E-state index in [0.717, 1.165) is 51.1 Å². The maximum atomic E-state index is 10.8. The zero-order valence-corrected chi connectivity index (χ0v) is 13.2. The van der Waals surface area contributed by atoms with Crippen molar-refractivity contribution >= 4 is 0 Å². The van der Waals surface area contributed by atoms with Gasteiger partial charge in [-0.1, -0.05) is 12.1 Å². The Morgan fingerprint density at radius 3 is 3.22 bits per heavy atom. The molecule has 1 aromatic carbocycles. The number of aliphatic hydroxyl groups is 1. The van der Waals surface area contributed by atoms with Gasteiger partial charge in [-0.15, -0.1) is 0 Å². The lowest BCUT2D eigenvalue weighted by Gasteiger charge is -2.38. The Kier molecular flexibility index (Phi) is 3.79. The lowest BCUT2D eigenvalue weighted by Crippen LogP contribution is -2.46. The Bertz CT molecular complexity index is 673. The Morgan fingerprint density at radius 1 is 1.39 bits per heavy atom. The number of nitrogens with zero attached hydrogens (tertiary/aromatic N) is 3. The molecule has 0 aliphatic carbocycles. The van der Waals surface area contributed by atoms with Crippen molar-refractivity contribution in [3.05, 3.63) is 41.2 Å². The molecule has 3 heterocycles. The fourth-order valence-corrected chi connectivity index (χ4v) is 3.63. The molecule has 2 aliphatic rings. The summed E-state index contributed by atoms with van der Waals surface area (Å²) in [5.41, 5.74) is 2.43. The second-order valence-electron chi connectivity index (χ2n) is 6.56. The maximum Gasteiger partial charge on any atom is 0.123 e. The number of aromatic nitrogens is 3. The second kappa shape index (κ2) is 5.94. The van der Waals surface area contributed by atoms with Gasteiger partial charge in [-0.05, 0) is 43.0 Å². The van der Waals surface area contributed by atoms with Crippen LogP contribution in [-0.4, -0.2) is 51.7 Å². The number of likely N-dealkylation sites (tertiary alicyclic amines) is 1. The van der Waals surface area contributed by atoms with E-state index >= 15 is 0 Å². The summed E-state index contributed by atoms with van der Waals surface area (Å²) >= 11 is 0. The first-order chi connectivity index (χ1) is 11.2. The van der Waals surface area contributed by atoms with Crippen LogP contribution in [0, 0.1) is 0 Å². The number of benzene rings is 1. The minimum Gasteiger partial charge on any atom is -0.493 e. The van der Waals surface area contributed by atoms with Crippen LogP contribution in [0.3, 0.4) is 0 Å². The van der Waals surface area contributed by atoms with E-state index in [1.807, 2.05) is 0 Å². The van der Waals surface area contributed by atoms with Gasteiger partial charge >= 0.3 is 0 Å². The van der Waals surface area contributed by atoms with Gasteiger partial charge in [0.05, 0.1) is 12.8 Å². The molecule has 0 amide bonds. The molecule has 122 valence electrons. The van der Waals surface area contributed by atoms with Gasteiger partial charge < -0.3 is 9.84 Å². The van der Waals surface area contributed by atoms with Crippen LogP contribution in [0.5, 0.6) is 5.75 Å². The van der Waals surface area contributed by atoms with Crippen LogP contribution in [0.25, 0.3) is 0 Å². The van der Waals surface area contributed by atoms with Crippen molar-refractivity contribution in [3.63, 3.8) is 0 Å². The van der Waals surface area contributed by atoms with Crippen molar-refractivity contribution in [2.45, 2.75) is 31.3 Å². The molecule has 2 N–H and O–H groups in total. The number of β-amino-alcohol motifs (C(OH)–C–C–N with tert-alkyl or cyclic N) is 1. The summed E-state index contributed by atoms with van der Waals surface area (Å²) in [7, 11) is 0. The first-order valence-electron chi connectivity index (χ1n) is 8.29. The van der Waals surface area contributed by atoms with Gasteiger partial charge in [0.1, 0.15) is 17.0 Å². The van der Waals surface area contributed by atoms with Crippen LogP contribution in [0.15, 0.2) is 24.4 Å². The monoisotopic (exact) mass is 314 g/mol. The van der Waals surface area contributed by atoms with Crippen molar-refractivity contribution in [2.75, 3.05) is 26.2 Å². The van der Waals surface area contributed by atoms with Crippen molar-refractivity contribution in [2.24, 2.45) is 0 Å². The summed E-state index contributed by atoms with van der Waals surface area (Å²) in [6, 6.07) is 6.49. The summed E-state index contributed by atoms with van der Waals surface area (Å²) < 4.78 is 5.56. The molecule has 1 unspecified atom stereocenters. The van der Waals surface area contributed by atoms with Gasteiger partial charge in [-0.3, -0.25) is 4.90 Å². The number of aromatic amines is 1. The number of hydrogen-bond donors (Lipinski definition) is 2. The molecule has 1 aromatic heterocycles. The smallest absolute Gasteiger partial charge is 0.123 e. The molecular weight excluding hydrogens is 292 g/mol. The summed E-state index contributed by atoms with van der Waals surface area (Å²) in [6.45, 7) is 3.39. The largest absolute Gasteiger partial charge is 0.493 e. The number of nitrogens with one attached hydrogen (secondary N) is 1. The van der Waals surface area contributed by atoms with Gasteiger partial charge in [0.2, 0.25) is 0 Å². The number of fused-ring (bicyclic) bond motifs is 1. The fourth-order valence-electron chi connectivity index (χ4n) is 3.63. The van der Waals surface area contributed by atoms with Crippen molar-refractivity contribution in [1.82, 2.24) is 20.3 Å². The molecular formula is C17H22N4O2. The highest BCUT2D eigenvalue weighted by molar-refractivity contribution is 5.39. The van der Waals surface area contributed by atoms with Crippen LogP contribution in [-0.2, 0) is 18.4 Å². The zero-order valence-electron chi connectivity index (χ0n) is 13.2. The van der Waals surface area contributed by atoms with Crippen molar-refractivity contribution < 1.29 is 9.84 Å². The third-order valence-corrected chi connectivity index (χ3v) is 4.91. The predicted molar refractivity (Wildman–Crippen MR) is 85.3 cm³/mol. The molecule has 0 saturated carbocycles. The quantitative estimate of drug-likeness (QED) is 0.889. The molecule has 4 rings (SSSR count). The molecule has 0 spiro atoms. The molecule has 6 nitrogen and oxygen atoms in total. The number of H-pyrrole nitrogens is 1. The Hall–Kier alpha value is -1.92. The number of hydrogen-bond acceptors (Lipinski definition) is 5. The van der Waals surface area contributed by atoms with Gasteiger partial charge in [-0.2, -0.15) is 15.4 Å². The third kappa shape index (κ3) is 2.96. The number of rotatable bonds is 4. The minimum atomic E-state index is -0.878. The van der Waals surface area contributed by atoms with E-state index < -0.39 is 5.60 Å². The highest BCUT2D eigenvalue weighted by Crippen LogP contribution is 2.30. The van der Waals surface area contributed by atoms with E-state index in [2.05, 4.69) is 38.5 Å². The molecule has 1 fully saturated rings. The van der Waals surface area contributed by atoms with E-state index in [4.69, 9.17) is 4.74 Å². The molecule has 23 heavy (non-hydrogen) atoms. The standard InChI is InChI=1S/C17H22N4O2/c22-17(16-11-18-20-19-16)6-1-7-21(12-17)8-4-13-2-3-15-14(10-13)5-9-23-15/h2-3,10-11,22H,1,4-9,12H2,(H,18,19,20). The van der Waals surface area contributed by atoms with Gasteiger partial charge in [0.15, 0.2) is 0 Å². The number of piperidine rings is 1. The minimum absolute atomic E-state index is 0.619. The van der Waals surface area contributed by atoms with E-state index in [9.17, 15) is 5.11 Å². The van der Waals surface area contributed by atoms with Crippen molar-refractivity contribution in [3.8, 4) is 5.75 Å². The molecule has 1 saturated heterocycles. The third-order valence-electron chi connectivity index (χ3n) is 4.91. The van der Waals surface area contributed by atoms with E-state index in [1.54, 1.807) is 6.20 Å². The lowest BCUT2D eigenvalue weighted by molar-refractivity contribution is -0.0385. The second-order valence-corrected chi connectivity index (χ2v) is 6.56. The van der Waals surface area contributed by atoms with Crippen LogP contribution in [0.4, 0.5) is 0 Å². The van der Waals surface area contributed by atoms with E-state index in [-0.39, 0.29) is 0 Å². The van der Waals surface area contributed by atoms with Crippen LogP contribution < -0.4 is 4.74 Å². The molecule has 2 aliphatic heterocycles. The van der Waals surface area contributed by atoms with Crippen LogP contribution >= 0.6 is 0 Å². The summed E-state index contributed by atoms with van der Waals surface area (Å²) in [4.78, 5) is 2.32. The van der Waals surface area contributed by atoms with Gasteiger partial charge in [0.25, 0.3) is 0 Å². The van der Waals surface area contributed by atoms with Crippen molar-refractivity contribution in [1.29, 1.82) is 0 Å². The summed E-state index contributed by atoms with van der Waals surface area (Å²) in [6.07, 6.45) is 5.35. The topological polar surface area (TPSA) is 74.3 Å². The molecule has 0 radical (unpaired) electrons. The highest BCUT2D eigenvalue weighted by Gasteiger charge is 2.36. The first kappa shape index (κ1) is 14.7. The average molecular weight is 314 g/mol. The zero-order chi connectivity index (χ0) is 15.7. The van der Waals surface area contributed by atoms with Crippen LogP contribution in [0.2, 0.25) is 0 Å². The summed E-state index contributed by atoms with van der Waals surface area (Å²) in [5, 5.41) is 21.3. The van der Waals surface area contributed by atoms with E-state index in [0.29, 0.717) is 12.2 Å². The Morgan fingerprint density at radius 2 is 2.35 bits per heavy atom. The van der Waals surface area contributed by atoms with Gasteiger partial charge in [0, 0.05) is 19.5 Å². The highest BCUT2D eigenvalue weighted by atomic mass is 16.5. The number of ether oxygens (including phenoxy) is 1. The summed E-state index contributed by atoms with van der Waals surface area (Å²) in [5.74, 6) is 1.03. The molecule has 6 heteroatoms. The Labute approximate surface area is 135 Å². The average Bonchev–Trinajstić information content (AvgIpc) is 3.24. The Balaban J connectivity index is 1.39.